The van der Waals surface area contributed by atoms with Crippen molar-refractivity contribution < 1.29 is 40.1 Å². The van der Waals surface area contributed by atoms with E-state index in [-0.39, 0.29) is 39.6 Å². The fraction of sp³-hybridized carbons (Fsp3) is 0.950. The van der Waals surface area contributed by atoms with E-state index < -0.39 is 49.0 Å². The minimum absolute atomic E-state index is 0.000171. The number of fused-ring (bicyclic) bond motifs is 6. The monoisotopic (exact) mass is 676 g/mol. The second-order valence-electron chi connectivity index (χ2n) is 19.3. The molecule has 1 heterocycles. The van der Waals surface area contributed by atoms with Gasteiger partial charge in [0.15, 0.2) is 6.29 Å². The fourth-order valence-electron chi connectivity index (χ4n) is 13.5. The van der Waals surface area contributed by atoms with Gasteiger partial charge in [0.05, 0.1) is 24.4 Å². The summed E-state index contributed by atoms with van der Waals surface area (Å²) in [5.41, 5.74) is 0.549. The Balaban J connectivity index is 1.29. The number of hydrogen-bond acceptors (Lipinski definition) is 8. The molecule has 0 aromatic rings. The molecule has 276 valence electrons. The molecule has 0 amide bonds. The van der Waals surface area contributed by atoms with Gasteiger partial charge in [0.25, 0.3) is 0 Å². The molecule has 48 heavy (non-hydrogen) atoms. The van der Waals surface area contributed by atoms with Crippen LogP contribution in [0.2, 0.25) is 0 Å². The zero-order valence-corrected chi connectivity index (χ0v) is 31.1. The summed E-state index contributed by atoms with van der Waals surface area (Å²) < 4.78 is 12.7. The summed E-state index contributed by atoms with van der Waals surface area (Å²) in [5.74, 6) is 2.23. The SMILES string of the molecule is CC(C)=CCC[C@](C)(OC1OC(CO)C(O)C(O)C1O)C1CC[C@]2(C)C1C(O)CC1CC3C(CCC4C(C)(C)C(O)CCC34C)CC12C. The van der Waals surface area contributed by atoms with Crippen LogP contribution in [0.3, 0.4) is 0 Å². The third kappa shape index (κ3) is 5.61. The number of rotatable bonds is 7. The Kier molecular flexibility index (Phi) is 9.93. The van der Waals surface area contributed by atoms with Gasteiger partial charge in [0, 0.05) is 0 Å². The maximum absolute atomic E-state index is 12.3. The first-order valence-electron chi connectivity index (χ1n) is 19.3. The van der Waals surface area contributed by atoms with Gasteiger partial charge < -0.3 is 40.1 Å². The van der Waals surface area contributed by atoms with Crippen LogP contribution in [-0.4, -0.2) is 85.8 Å². The lowest BCUT2D eigenvalue weighted by Gasteiger charge is -2.68. The van der Waals surface area contributed by atoms with Gasteiger partial charge in [-0.3, -0.25) is 0 Å². The predicted molar refractivity (Wildman–Crippen MR) is 185 cm³/mol. The minimum atomic E-state index is -1.50. The molecule has 6 N–H and O–H groups in total. The lowest BCUT2D eigenvalue weighted by atomic mass is 9.37. The lowest BCUT2D eigenvalue weighted by molar-refractivity contribution is -0.335. The van der Waals surface area contributed by atoms with Gasteiger partial charge in [-0.2, -0.15) is 0 Å². The van der Waals surface area contributed by atoms with Crippen LogP contribution in [0.5, 0.6) is 0 Å². The molecule has 0 radical (unpaired) electrons. The standard InChI is InChI=1S/C40H68O8/c1-22(2)10-9-15-40(8,48-35-34(46)33(45)32(44)28(21-41)47-35)25-13-17-38(6)31(25)27(42)19-24-18-26-23(20-39(24,38)7)11-12-29-36(3,4)30(43)14-16-37(26,29)5/h10,23-35,41-46H,9,11-21H2,1-8H3/t23?,24?,25?,26?,27?,28?,29?,30?,31?,32?,33?,34?,35?,37?,38-,39?,40+/m1/s1. The van der Waals surface area contributed by atoms with Crippen LogP contribution >= 0.6 is 0 Å². The second kappa shape index (κ2) is 12.8. The number of aliphatic hydroxyl groups is 6. The van der Waals surface area contributed by atoms with Gasteiger partial charge in [0.2, 0.25) is 0 Å². The Bertz CT molecular complexity index is 1200. The summed E-state index contributed by atoms with van der Waals surface area (Å²) in [6, 6.07) is 0. The van der Waals surface area contributed by atoms with E-state index in [9.17, 15) is 30.6 Å². The van der Waals surface area contributed by atoms with Crippen molar-refractivity contribution in [3.05, 3.63) is 11.6 Å². The van der Waals surface area contributed by atoms with Gasteiger partial charge in [-0.25, -0.2) is 0 Å². The molecule has 6 rings (SSSR count). The zero-order chi connectivity index (χ0) is 35.2. The van der Waals surface area contributed by atoms with Crippen LogP contribution in [0.1, 0.15) is 126 Å². The number of ether oxygens (including phenoxy) is 2. The highest BCUT2D eigenvalue weighted by atomic mass is 16.7. The van der Waals surface area contributed by atoms with E-state index >= 15 is 0 Å². The summed E-state index contributed by atoms with van der Waals surface area (Å²) in [6.45, 7) is 17.9. The van der Waals surface area contributed by atoms with Crippen molar-refractivity contribution in [2.75, 3.05) is 6.61 Å². The number of hydrogen-bond donors (Lipinski definition) is 6. The molecule has 8 heteroatoms. The molecular weight excluding hydrogens is 608 g/mol. The van der Waals surface area contributed by atoms with Crippen LogP contribution in [0.15, 0.2) is 11.6 Å². The Morgan fingerprint density at radius 3 is 2.25 bits per heavy atom. The molecule has 1 aliphatic heterocycles. The third-order valence-corrected chi connectivity index (χ3v) is 16.5. The van der Waals surface area contributed by atoms with Crippen molar-refractivity contribution in [2.24, 2.45) is 57.2 Å². The van der Waals surface area contributed by atoms with Gasteiger partial charge in [-0.1, -0.05) is 46.3 Å². The van der Waals surface area contributed by atoms with E-state index in [0.717, 1.165) is 44.9 Å². The van der Waals surface area contributed by atoms with E-state index in [4.69, 9.17) is 9.47 Å². The van der Waals surface area contributed by atoms with Crippen molar-refractivity contribution in [2.45, 2.75) is 175 Å². The second-order valence-corrected chi connectivity index (χ2v) is 19.3. The molecule has 1 saturated heterocycles. The molecule has 15 unspecified atom stereocenters. The third-order valence-electron chi connectivity index (χ3n) is 16.5. The van der Waals surface area contributed by atoms with E-state index in [1.807, 2.05) is 0 Å². The van der Waals surface area contributed by atoms with Gasteiger partial charge in [-0.05, 0) is 149 Å². The largest absolute Gasteiger partial charge is 0.394 e. The summed E-state index contributed by atoms with van der Waals surface area (Å²) in [6.07, 6.45) is 5.66. The molecular formula is C40H68O8. The van der Waals surface area contributed by atoms with Crippen LogP contribution in [0.4, 0.5) is 0 Å². The van der Waals surface area contributed by atoms with E-state index in [1.54, 1.807) is 0 Å². The normalized spacial score (nSPS) is 52.7. The molecule has 0 spiro atoms. The molecule has 0 bridgehead atoms. The highest BCUT2D eigenvalue weighted by Crippen LogP contribution is 2.74. The summed E-state index contributed by atoms with van der Waals surface area (Å²) in [4.78, 5) is 0. The smallest absolute Gasteiger partial charge is 0.187 e. The molecule has 5 aliphatic carbocycles. The molecule has 8 nitrogen and oxygen atoms in total. The van der Waals surface area contributed by atoms with Gasteiger partial charge >= 0.3 is 0 Å². The van der Waals surface area contributed by atoms with Crippen LogP contribution in [-0.2, 0) is 9.47 Å². The molecule has 5 saturated carbocycles. The molecule has 6 fully saturated rings. The highest BCUT2D eigenvalue weighted by molar-refractivity contribution is 5.18. The van der Waals surface area contributed by atoms with Gasteiger partial charge in [-0.15, -0.1) is 0 Å². The molecule has 0 aromatic heterocycles. The fourth-order valence-corrected chi connectivity index (χ4v) is 13.5. The first-order valence-corrected chi connectivity index (χ1v) is 19.3. The summed E-state index contributed by atoms with van der Waals surface area (Å²) in [5, 5.41) is 65.2. The quantitative estimate of drug-likeness (QED) is 0.199. The maximum atomic E-state index is 12.3. The van der Waals surface area contributed by atoms with Crippen LogP contribution in [0.25, 0.3) is 0 Å². The zero-order valence-electron chi connectivity index (χ0n) is 31.1. The molecule has 0 aromatic carbocycles. The Morgan fingerprint density at radius 2 is 1.58 bits per heavy atom. The first-order chi connectivity index (χ1) is 22.3. The number of aliphatic hydroxyl groups excluding tert-OH is 6. The Hall–Kier alpha value is -0.580. The number of allylic oxidation sites excluding steroid dienone is 2. The van der Waals surface area contributed by atoms with Crippen LogP contribution < -0.4 is 0 Å². The minimum Gasteiger partial charge on any atom is -0.394 e. The average Bonchev–Trinajstić information content (AvgIpc) is 3.40. The van der Waals surface area contributed by atoms with Crippen molar-refractivity contribution in [3.63, 3.8) is 0 Å². The van der Waals surface area contributed by atoms with Gasteiger partial charge in [0.1, 0.15) is 24.4 Å². The first kappa shape index (κ1) is 37.2. The Labute approximate surface area is 289 Å². The average molecular weight is 677 g/mol. The lowest BCUT2D eigenvalue weighted by Crippen LogP contribution is -2.64. The Morgan fingerprint density at radius 1 is 0.875 bits per heavy atom. The predicted octanol–water partition coefficient (Wildman–Crippen LogP) is 5.35. The van der Waals surface area contributed by atoms with E-state index in [1.165, 1.54) is 24.8 Å². The maximum Gasteiger partial charge on any atom is 0.187 e. The summed E-state index contributed by atoms with van der Waals surface area (Å²) in [7, 11) is 0. The molecule has 6 aliphatic rings. The topological polar surface area (TPSA) is 140 Å². The van der Waals surface area contributed by atoms with Crippen molar-refractivity contribution in [3.8, 4) is 0 Å². The van der Waals surface area contributed by atoms with E-state index in [0.29, 0.717) is 30.1 Å². The highest BCUT2D eigenvalue weighted by Gasteiger charge is 2.69. The van der Waals surface area contributed by atoms with Crippen LogP contribution in [0, 0.1) is 57.2 Å². The van der Waals surface area contributed by atoms with Crippen molar-refractivity contribution >= 4 is 0 Å². The van der Waals surface area contributed by atoms with Crippen molar-refractivity contribution in [1.29, 1.82) is 0 Å². The summed E-state index contributed by atoms with van der Waals surface area (Å²) >= 11 is 0. The molecule has 17 atom stereocenters. The van der Waals surface area contributed by atoms with Crippen molar-refractivity contribution in [1.82, 2.24) is 0 Å². The van der Waals surface area contributed by atoms with E-state index in [2.05, 4.69) is 61.5 Å².